The third kappa shape index (κ3) is 4.76. The summed E-state index contributed by atoms with van der Waals surface area (Å²) in [5.74, 6) is 0.987. The first-order valence-corrected chi connectivity index (χ1v) is 9.94. The van der Waals surface area contributed by atoms with Crippen LogP contribution < -0.4 is 9.64 Å². The molecule has 158 valence electrons. The molecule has 1 amide bonds. The predicted octanol–water partition coefficient (Wildman–Crippen LogP) is 3.94. The zero-order valence-corrected chi connectivity index (χ0v) is 16.5. The van der Waals surface area contributed by atoms with Gasteiger partial charge in [0.25, 0.3) is 6.43 Å². The number of nitrogens with zero attached hydrogens (tertiary/aromatic N) is 3. The summed E-state index contributed by atoms with van der Waals surface area (Å²) in [6.45, 7) is 3.09. The largest absolute Gasteiger partial charge is 0.439 e. The molecule has 0 bridgehead atoms. The van der Waals surface area contributed by atoms with Crippen LogP contribution in [0.15, 0.2) is 48.8 Å². The van der Waals surface area contributed by atoms with Gasteiger partial charge in [-0.1, -0.05) is 6.08 Å². The maximum Gasteiger partial charge on any atom is 0.265 e. The van der Waals surface area contributed by atoms with Crippen molar-refractivity contribution in [3.63, 3.8) is 0 Å². The number of morpholine rings is 1. The molecule has 0 saturated carbocycles. The van der Waals surface area contributed by atoms with Crippen molar-refractivity contribution in [1.29, 1.82) is 0 Å². The maximum absolute atomic E-state index is 12.6. The Hall–Kier alpha value is -3.00. The lowest BCUT2D eigenvalue weighted by atomic mass is 10.0. The zero-order valence-electron chi connectivity index (χ0n) is 16.5. The summed E-state index contributed by atoms with van der Waals surface area (Å²) >= 11 is 0. The van der Waals surface area contributed by atoms with E-state index in [9.17, 15) is 13.6 Å². The number of hydrogen-bond donors (Lipinski definition) is 0. The fraction of sp³-hybridized carbons (Fsp3) is 0.364. The second kappa shape index (κ2) is 9.21. The third-order valence-electron chi connectivity index (χ3n) is 5.15. The highest BCUT2D eigenvalue weighted by atomic mass is 19.3. The van der Waals surface area contributed by atoms with Gasteiger partial charge in [0.2, 0.25) is 11.8 Å². The van der Waals surface area contributed by atoms with Crippen LogP contribution in [0.3, 0.4) is 0 Å². The quantitative estimate of drug-likeness (QED) is 0.716. The molecule has 1 aromatic heterocycles. The van der Waals surface area contributed by atoms with Crippen LogP contribution in [0, 0.1) is 0 Å². The Balaban J connectivity index is 1.39. The normalized spacial score (nSPS) is 16.0. The van der Waals surface area contributed by atoms with Crippen molar-refractivity contribution in [3.05, 3.63) is 59.9 Å². The standard InChI is InChI=1S/C22H23F2N3O3/c23-22(24)17-3-6-20(25-15-17)30-18-4-5-19-16(14-18)2-1-8-26(19)9-7-21(28)27-10-12-29-13-11-27/h1,3-6,8,14-15,22H,2,7,9-13H2. The Kier molecular flexibility index (Phi) is 6.23. The van der Waals surface area contributed by atoms with Crippen LogP contribution in [0.1, 0.15) is 24.0 Å². The molecule has 30 heavy (non-hydrogen) atoms. The van der Waals surface area contributed by atoms with Crippen LogP contribution >= 0.6 is 0 Å². The number of allylic oxidation sites excluding steroid dienone is 1. The molecule has 6 nitrogen and oxygen atoms in total. The Labute approximate surface area is 173 Å². The molecular weight excluding hydrogens is 392 g/mol. The summed E-state index contributed by atoms with van der Waals surface area (Å²) in [6.07, 6.45) is 3.79. The number of aromatic nitrogens is 1. The average Bonchev–Trinajstić information content (AvgIpc) is 2.78. The van der Waals surface area contributed by atoms with E-state index in [0.717, 1.165) is 23.9 Å². The van der Waals surface area contributed by atoms with E-state index in [-0.39, 0.29) is 17.4 Å². The minimum Gasteiger partial charge on any atom is -0.439 e. The van der Waals surface area contributed by atoms with Crippen molar-refractivity contribution < 1.29 is 23.0 Å². The fourth-order valence-corrected chi connectivity index (χ4v) is 3.54. The van der Waals surface area contributed by atoms with E-state index >= 15 is 0 Å². The molecule has 0 spiro atoms. The second-order valence-corrected chi connectivity index (χ2v) is 7.15. The van der Waals surface area contributed by atoms with Gasteiger partial charge < -0.3 is 19.3 Å². The highest BCUT2D eigenvalue weighted by molar-refractivity contribution is 5.77. The monoisotopic (exact) mass is 415 g/mol. The number of fused-ring (bicyclic) bond motifs is 1. The minimum absolute atomic E-state index is 0.136. The smallest absolute Gasteiger partial charge is 0.265 e. The van der Waals surface area contributed by atoms with Gasteiger partial charge in [-0.3, -0.25) is 4.79 Å². The number of carbonyl (C=O) groups is 1. The molecular formula is C22H23F2N3O3. The summed E-state index contributed by atoms with van der Waals surface area (Å²) in [5.41, 5.74) is 1.96. The number of pyridine rings is 1. The first-order chi connectivity index (χ1) is 14.6. The van der Waals surface area contributed by atoms with Gasteiger partial charge >= 0.3 is 0 Å². The maximum atomic E-state index is 12.6. The minimum atomic E-state index is -2.55. The number of ether oxygens (including phenoxy) is 2. The lowest BCUT2D eigenvalue weighted by Gasteiger charge is -2.30. The Morgan fingerprint density at radius 2 is 2.03 bits per heavy atom. The highest BCUT2D eigenvalue weighted by Gasteiger charge is 2.19. The SMILES string of the molecule is O=C(CCN1C=CCc2cc(Oc3ccc(C(F)F)cn3)ccc21)N1CCOCC1. The number of amides is 1. The second-order valence-electron chi connectivity index (χ2n) is 7.15. The third-order valence-corrected chi connectivity index (χ3v) is 5.15. The van der Waals surface area contributed by atoms with E-state index in [0.29, 0.717) is 45.0 Å². The van der Waals surface area contributed by atoms with E-state index in [2.05, 4.69) is 9.88 Å². The predicted molar refractivity (Wildman–Crippen MR) is 108 cm³/mol. The first-order valence-electron chi connectivity index (χ1n) is 9.94. The topological polar surface area (TPSA) is 54.9 Å². The molecule has 8 heteroatoms. The van der Waals surface area contributed by atoms with Crippen molar-refractivity contribution >= 4 is 11.6 Å². The molecule has 1 aromatic carbocycles. The highest BCUT2D eigenvalue weighted by Crippen LogP contribution is 2.31. The van der Waals surface area contributed by atoms with E-state index in [4.69, 9.17) is 9.47 Å². The van der Waals surface area contributed by atoms with Crippen molar-refractivity contribution in [3.8, 4) is 11.6 Å². The van der Waals surface area contributed by atoms with Gasteiger partial charge in [0, 0.05) is 55.8 Å². The van der Waals surface area contributed by atoms with E-state index in [1.807, 2.05) is 35.4 Å². The number of halogens is 2. The van der Waals surface area contributed by atoms with Gasteiger partial charge in [0.05, 0.1) is 13.2 Å². The molecule has 0 atom stereocenters. The molecule has 3 heterocycles. The summed E-state index contributed by atoms with van der Waals surface area (Å²) in [6, 6.07) is 8.42. The van der Waals surface area contributed by atoms with Crippen molar-refractivity contribution in [2.75, 3.05) is 37.7 Å². The number of benzene rings is 1. The van der Waals surface area contributed by atoms with Crippen molar-refractivity contribution in [2.45, 2.75) is 19.3 Å². The van der Waals surface area contributed by atoms with Gasteiger partial charge in [-0.15, -0.1) is 0 Å². The molecule has 0 N–H and O–H groups in total. The molecule has 0 radical (unpaired) electrons. The molecule has 2 aliphatic heterocycles. The van der Waals surface area contributed by atoms with Gasteiger partial charge in [-0.2, -0.15) is 0 Å². The number of carbonyl (C=O) groups excluding carboxylic acids is 1. The van der Waals surface area contributed by atoms with E-state index in [1.54, 1.807) is 0 Å². The van der Waals surface area contributed by atoms with Crippen LogP contribution in [0.25, 0.3) is 0 Å². The molecule has 4 rings (SSSR count). The van der Waals surface area contributed by atoms with Crippen LogP contribution in [0.5, 0.6) is 11.6 Å². The number of hydrogen-bond acceptors (Lipinski definition) is 5. The molecule has 0 unspecified atom stereocenters. The molecule has 1 fully saturated rings. The molecule has 2 aromatic rings. The number of alkyl halides is 2. The Morgan fingerprint density at radius 1 is 1.20 bits per heavy atom. The summed E-state index contributed by atoms with van der Waals surface area (Å²) in [7, 11) is 0. The first kappa shape index (κ1) is 20.3. The fourth-order valence-electron chi connectivity index (χ4n) is 3.54. The summed E-state index contributed by atoms with van der Waals surface area (Å²) in [4.78, 5) is 20.3. The molecule has 2 aliphatic rings. The van der Waals surface area contributed by atoms with Crippen LogP contribution in [-0.2, 0) is 16.0 Å². The zero-order chi connectivity index (χ0) is 20.9. The Morgan fingerprint density at radius 3 is 2.77 bits per heavy atom. The Bertz CT molecular complexity index is 912. The number of rotatable bonds is 6. The van der Waals surface area contributed by atoms with Gasteiger partial charge in [-0.25, -0.2) is 13.8 Å². The van der Waals surface area contributed by atoms with Crippen LogP contribution in [0.2, 0.25) is 0 Å². The molecule has 1 saturated heterocycles. The lowest BCUT2D eigenvalue weighted by molar-refractivity contribution is -0.135. The average molecular weight is 415 g/mol. The van der Waals surface area contributed by atoms with Gasteiger partial charge in [-0.05, 0) is 36.2 Å². The van der Waals surface area contributed by atoms with Crippen LogP contribution in [-0.4, -0.2) is 48.6 Å². The summed E-state index contributed by atoms with van der Waals surface area (Å²) in [5, 5.41) is 0. The van der Waals surface area contributed by atoms with Crippen LogP contribution in [0.4, 0.5) is 14.5 Å². The van der Waals surface area contributed by atoms with Crippen molar-refractivity contribution in [1.82, 2.24) is 9.88 Å². The van der Waals surface area contributed by atoms with E-state index < -0.39 is 6.43 Å². The molecule has 0 aliphatic carbocycles. The van der Waals surface area contributed by atoms with Gasteiger partial charge in [0.15, 0.2) is 0 Å². The van der Waals surface area contributed by atoms with E-state index in [1.165, 1.54) is 12.1 Å². The van der Waals surface area contributed by atoms with Crippen molar-refractivity contribution in [2.24, 2.45) is 0 Å². The lowest BCUT2D eigenvalue weighted by Crippen LogP contribution is -2.41. The summed E-state index contributed by atoms with van der Waals surface area (Å²) < 4.78 is 36.3. The van der Waals surface area contributed by atoms with Gasteiger partial charge in [0.1, 0.15) is 5.75 Å². The number of anilines is 1.